The average Bonchev–Trinajstić information content (AvgIpc) is 2.29. The number of carboxylic acids is 1. The monoisotopic (exact) mass is 170 g/mol. The number of aromatic amines is 1. The lowest BCUT2D eigenvalue weighted by Crippen LogP contribution is -2.29. The first-order valence-electron chi connectivity index (χ1n) is 3.63. The number of carbonyl (C=O) groups is 1. The number of aliphatic carboxylic acids is 1. The molecule has 1 rings (SSSR count). The second-order valence-electron chi connectivity index (χ2n) is 2.44. The van der Waals surface area contributed by atoms with E-state index in [-0.39, 0.29) is 12.4 Å². The van der Waals surface area contributed by atoms with Gasteiger partial charge in [0, 0.05) is 5.97 Å². The summed E-state index contributed by atoms with van der Waals surface area (Å²) in [5.41, 5.74) is 0.439. The van der Waals surface area contributed by atoms with Gasteiger partial charge in [0.2, 0.25) is 0 Å². The molecule has 0 saturated heterocycles. The summed E-state index contributed by atoms with van der Waals surface area (Å²) in [6.07, 6.45) is 1.34. The third kappa shape index (κ3) is 1.75. The van der Waals surface area contributed by atoms with Crippen LogP contribution < -0.4 is 9.67 Å². The molecule has 1 heterocycles. The Hall–Kier alpha value is -1.52. The lowest BCUT2D eigenvalue weighted by molar-refractivity contribution is -0.698. The minimum absolute atomic E-state index is 0.0336. The normalized spacial score (nSPS) is 10.1. The molecule has 0 aliphatic heterocycles. The summed E-state index contributed by atoms with van der Waals surface area (Å²) in [5, 5.41) is 19.3. The van der Waals surface area contributed by atoms with E-state index in [0.717, 1.165) is 0 Å². The number of H-pyrrole nitrogens is 1. The zero-order valence-corrected chi connectivity index (χ0v) is 6.70. The second-order valence-corrected chi connectivity index (χ2v) is 2.44. The summed E-state index contributed by atoms with van der Waals surface area (Å²) >= 11 is 0. The van der Waals surface area contributed by atoms with Crippen molar-refractivity contribution in [3.05, 3.63) is 11.9 Å². The van der Waals surface area contributed by atoms with Crippen LogP contribution in [-0.4, -0.2) is 16.1 Å². The van der Waals surface area contributed by atoms with Gasteiger partial charge in [-0.05, 0) is 6.92 Å². The maximum absolute atomic E-state index is 10.2. The fraction of sp³-hybridized carbons (Fsp3) is 0.429. The smallest absolute Gasteiger partial charge is 0.451 e. The predicted molar refractivity (Wildman–Crippen MR) is 37.0 cm³/mol. The molecule has 0 aliphatic rings. The van der Waals surface area contributed by atoms with Crippen molar-refractivity contribution in [3.63, 3.8) is 0 Å². The van der Waals surface area contributed by atoms with Crippen molar-refractivity contribution in [3.8, 4) is 6.01 Å². The summed E-state index contributed by atoms with van der Waals surface area (Å²) < 4.78 is 1.51. The van der Waals surface area contributed by atoms with Gasteiger partial charge in [-0.1, -0.05) is 0 Å². The molecule has 0 unspecified atom stereocenters. The van der Waals surface area contributed by atoms with Crippen molar-refractivity contribution >= 4 is 5.97 Å². The van der Waals surface area contributed by atoms with E-state index in [1.54, 1.807) is 6.20 Å². The number of nitrogens with zero attached hydrogens (tertiary/aromatic N) is 1. The molecule has 5 heteroatoms. The molecule has 1 aromatic rings. The van der Waals surface area contributed by atoms with E-state index in [1.807, 2.05) is 6.92 Å². The van der Waals surface area contributed by atoms with Gasteiger partial charge in [0.05, 0.1) is 13.0 Å². The minimum Gasteiger partial charge on any atom is -0.550 e. The predicted octanol–water partition coefficient (Wildman–Crippen LogP) is -1.68. The molecule has 1 aromatic heterocycles. The SMILES string of the molecule is CC[n+]1cc(CC(=O)[O-])[nH]c1O. The average molecular weight is 170 g/mol. The summed E-state index contributed by atoms with van der Waals surface area (Å²) in [7, 11) is 0. The first-order valence-corrected chi connectivity index (χ1v) is 3.63. The van der Waals surface area contributed by atoms with Crippen LogP contribution in [0.1, 0.15) is 12.6 Å². The van der Waals surface area contributed by atoms with Gasteiger partial charge >= 0.3 is 6.01 Å². The van der Waals surface area contributed by atoms with Crippen LogP contribution in [0.3, 0.4) is 0 Å². The van der Waals surface area contributed by atoms with E-state index in [0.29, 0.717) is 12.2 Å². The minimum atomic E-state index is -1.17. The van der Waals surface area contributed by atoms with Crippen LogP contribution in [0, 0.1) is 0 Å². The van der Waals surface area contributed by atoms with Gasteiger partial charge < -0.3 is 15.0 Å². The van der Waals surface area contributed by atoms with Crippen molar-refractivity contribution in [1.29, 1.82) is 0 Å². The van der Waals surface area contributed by atoms with Gasteiger partial charge in [-0.2, -0.15) is 4.57 Å². The number of rotatable bonds is 3. The summed E-state index contributed by atoms with van der Waals surface area (Å²) in [5.74, 6) is -1.17. The van der Waals surface area contributed by atoms with E-state index >= 15 is 0 Å². The highest BCUT2D eigenvalue weighted by atomic mass is 16.4. The Bertz CT molecular complexity index is 293. The molecule has 0 amide bonds. The Morgan fingerprint density at radius 2 is 2.50 bits per heavy atom. The van der Waals surface area contributed by atoms with Crippen LogP contribution in [0.5, 0.6) is 6.01 Å². The van der Waals surface area contributed by atoms with Gasteiger partial charge in [0.25, 0.3) is 0 Å². The highest BCUT2D eigenvalue weighted by Crippen LogP contribution is 2.00. The highest BCUT2D eigenvalue weighted by Gasteiger charge is 2.11. The van der Waals surface area contributed by atoms with Crippen molar-refractivity contribution in [1.82, 2.24) is 4.98 Å². The fourth-order valence-corrected chi connectivity index (χ4v) is 0.983. The molecule has 0 saturated carbocycles. The lowest BCUT2D eigenvalue weighted by atomic mass is 10.3. The Kier molecular flexibility index (Phi) is 2.32. The number of aryl methyl sites for hydroxylation is 1. The Balaban J connectivity index is 2.82. The number of hydrogen-bond donors (Lipinski definition) is 2. The molecule has 12 heavy (non-hydrogen) atoms. The summed E-state index contributed by atoms with van der Waals surface area (Å²) in [6, 6.07) is -0.0336. The zero-order chi connectivity index (χ0) is 9.14. The van der Waals surface area contributed by atoms with Gasteiger partial charge in [0.1, 0.15) is 11.9 Å². The molecule has 0 aromatic carbocycles. The third-order valence-corrected chi connectivity index (χ3v) is 1.53. The summed E-state index contributed by atoms with van der Waals surface area (Å²) in [4.78, 5) is 12.7. The topological polar surface area (TPSA) is 80.0 Å². The molecule has 66 valence electrons. The number of nitrogens with one attached hydrogen (secondary N) is 1. The van der Waals surface area contributed by atoms with Crippen molar-refractivity contribution in [2.75, 3.05) is 0 Å². The second kappa shape index (κ2) is 3.25. The number of carbonyl (C=O) groups excluding carboxylic acids is 1. The lowest BCUT2D eigenvalue weighted by Gasteiger charge is -1.92. The molecule has 0 bridgehead atoms. The van der Waals surface area contributed by atoms with Crippen molar-refractivity contribution < 1.29 is 19.6 Å². The largest absolute Gasteiger partial charge is 0.550 e. The van der Waals surface area contributed by atoms with Crippen molar-refractivity contribution in [2.45, 2.75) is 19.9 Å². The van der Waals surface area contributed by atoms with E-state index in [1.165, 1.54) is 4.57 Å². The molecule has 2 N–H and O–H groups in total. The van der Waals surface area contributed by atoms with Crippen LogP contribution >= 0.6 is 0 Å². The van der Waals surface area contributed by atoms with Crippen molar-refractivity contribution in [2.24, 2.45) is 0 Å². The number of hydrogen-bond acceptors (Lipinski definition) is 3. The Morgan fingerprint density at radius 3 is 2.92 bits per heavy atom. The third-order valence-electron chi connectivity index (χ3n) is 1.53. The highest BCUT2D eigenvalue weighted by molar-refractivity contribution is 5.66. The Morgan fingerprint density at radius 1 is 1.83 bits per heavy atom. The molecule has 0 fully saturated rings. The van der Waals surface area contributed by atoms with Crippen LogP contribution in [0.25, 0.3) is 0 Å². The number of aromatic nitrogens is 2. The Labute approximate surface area is 69.3 Å². The van der Waals surface area contributed by atoms with Crippen LogP contribution in [-0.2, 0) is 17.8 Å². The first kappa shape index (κ1) is 8.58. The standard InChI is InChI=1S/C7H10N2O3/c1-2-9-4-5(3-6(10)11)8-7(9)12/h4H,2-3H2,1H3,(H2,8,10,11,12). The molecule has 0 aliphatic carbocycles. The molecular weight excluding hydrogens is 160 g/mol. The zero-order valence-electron chi connectivity index (χ0n) is 6.70. The van der Waals surface area contributed by atoms with E-state index in [2.05, 4.69) is 4.98 Å². The van der Waals surface area contributed by atoms with Crippen LogP contribution in [0.2, 0.25) is 0 Å². The number of aromatic hydroxyl groups is 1. The van der Waals surface area contributed by atoms with Crippen LogP contribution in [0.15, 0.2) is 6.20 Å². The fourth-order valence-electron chi connectivity index (χ4n) is 0.983. The van der Waals surface area contributed by atoms with Gasteiger partial charge in [-0.25, -0.2) is 4.98 Å². The van der Waals surface area contributed by atoms with E-state index < -0.39 is 5.97 Å². The van der Waals surface area contributed by atoms with Gasteiger partial charge in [-0.3, -0.25) is 0 Å². The maximum Gasteiger partial charge on any atom is 0.451 e. The van der Waals surface area contributed by atoms with Crippen LogP contribution in [0.4, 0.5) is 0 Å². The molecule has 0 spiro atoms. The number of carboxylic acid groups (broad SMARTS) is 1. The van der Waals surface area contributed by atoms with E-state index in [9.17, 15) is 9.90 Å². The molecule has 0 atom stereocenters. The molecule has 0 radical (unpaired) electrons. The molecular formula is C7H10N2O3. The van der Waals surface area contributed by atoms with Gasteiger partial charge in [0.15, 0.2) is 0 Å². The maximum atomic E-state index is 10.2. The van der Waals surface area contributed by atoms with Gasteiger partial charge in [-0.15, -0.1) is 0 Å². The van der Waals surface area contributed by atoms with E-state index in [4.69, 9.17) is 5.11 Å². The quantitative estimate of drug-likeness (QED) is 0.532. The summed E-state index contributed by atoms with van der Waals surface area (Å²) in [6.45, 7) is 2.44. The first-order chi connectivity index (χ1) is 5.63. The molecule has 5 nitrogen and oxygen atoms in total. The number of imidazole rings is 1.